The second kappa shape index (κ2) is 4.81. The number of amides is 1. The fourth-order valence-corrected chi connectivity index (χ4v) is 4.44. The highest BCUT2D eigenvalue weighted by molar-refractivity contribution is 6.30. The van der Waals surface area contributed by atoms with Crippen molar-refractivity contribution in [2.45, 2.75) is 6.23 Å². The first-order chi connectivity index (χ1) is 13.2. The zero-order valence-electron chi connectivity index (χ0n) is 14.4. The first kappa shape index (κ1) is 14.6. The van der Waals surface area contributed by atoms with Gasteiger partial charge in [0.25, 0.3) is 5.91 Å². The van der Waals surface area contributed by atoms with E-state index in [9.17, 15) is 9.90 Å². The average molecular weight is 357 g/mol. The van der Waals surface area contributed by atoms with Gasteiger partial charge in [0, 0.05) is 45.8 Å². The summed E-state index contributed by atoms with van der Waals surface area (Å²) in [7, 11) is 1.60. The molecule has 1 amide bonds. The predicted molar refractivity (Wildman–Crippen MR) is 104 cm³/mol. The maximum absolute atomic E-state index is 12.9. The van der Waals surface area contributed by atoms with Crippen molar-refractivity contribution in [1.29, 1.82) is 0 Å². The number of H-pyrrole nitrogens is 2. The van der Waals surface area contributed by atoms with Gasteiger partial charge in [-0.2, -0.15) is 0 Å². The molecule has 0 bridgehead atoms. The largest absolute Gasteiger partial charge is 0.508 e. The van der Waals surface area contributed by atoms with E-state index in [1.165, 1.54) is 0 Å². The van der Waals surface area contributed by atoms with Crippen LogP contribution in [0.25, 0.3) is 43.6 Å². The maximum atomic E-state index is 12.9. The molecule has 132 valence electrons. The van der Waals surface area contributed by atoms with E-state index < -0.39 is 6.23 Å². The minimum absolute atomic E-state index is 0.150. The summed E-state index contributed by atoms with van der Waals surface area (Å²) in [6.45, 7) is 0. The molecule has 1 aliphatic heterocycles. The molecule has 27 heavy (non-hydrogen) atoms. The van der Waals surface area contributed by atoms with E-state index >= 15 is 0 Å². The molecule has 5 aromatic rings. The van der Waals surface area contributed by atoms with Crippen LogP contribution in [-0.2, 0) is 4.74 Å². The Labute approximate surface area is 152 Å². The van der Waals surface area contributed by atoms with Crippen LogP contribution >= 0.6 is 0 Å². The van der Waals surface area contributed by atoms with Gasteiger partial charge in [0.15, 0.2) is 6.23 Å². The number of aromatic amines is 2. The Hall–Kier alpha value is -3.51. The number of ether oxygens (including phenoxy) is 1. The number of methoxy groups -OCH3 is 1. The fraction of sp³-hybridized carbons (Fsp3) is 0.0952. The third kappa shape index (κ3) is 1.70. The van der Waals surface area contributed by atoms with Crippen LogP contribution in [0.4, 0.5) is 0 Å². The van der Waals surface area contributed by atoms with Crippen molar-refractivity contribution >= 4 is 49.5 Å². The zero-order valence-corrected chi connectivity index (χ0v) is 14.4. The summed E-state index contributed by atoms with van der Waals surface area (Å²) in [5.41, 5.74) is 5.05. The molecule has 6 heteroatoms. The summed E-state index contributed by atoms with van der Waals surface area (Å²) >= 11 is 0. The van der Waals surface area contributed by atoms with Gasteiger partial charge >= 0.3 is 0 Å². The van der Waals surface area contributed by atoms with Gasteiger partial charge in [-0.3, -0.25) is 4.79 Å². The quantitative estimate of drug-likeness (QED) is 0.365. The predicted octanol–water partition coefficient (Wildman–Crippen LogP) is 4.05. The number of nitrogens with one attached hydrogen (secondary N) is 3. The van der Waals surface area contributed by atoms with Crippen molar-refractivity contribution in [1.82, 2.24) is 15.3 Å². The second-order valence-corrected chi connectivity index (χ2v) is 6.90. The van der Waals surface area contributed by atoms with Crippen molar-refractivity contribution in [2.24, 2.45) is 0 Å². The summed E-state index contributed by atoms with van der Waals surface area (Å²) in [5.74, 6) is 0.0285. The fourth-order valence-electron chi connectivity index (χ4n) is 4.44. The van der Waals surface area contributed by atoms with Gasteiger partial charge in [-0.25, -0.2) is 0 Å². The number of benzene rings is 3. The number of phenolic OH excluding ortho intramolecular Hbond substituents is 1. The molecule has 0 unspecified atom stereocenters. The summed E-state index contributed by atoms with van der Waals surface area (Å²) in [6, 6.07) is 13.2. The molecule has 1 aliphatic rings. The van der Waals surface area contributed by atoms with Crippen LogP contribution < -0.4 is 5.32 Å². The standard InChI is InChI=1S/C21H15N3O3/c1-27-21-17-15-10-4-2-3-5-12(10)22-19(15)18-14(16(17)20(26)24-21)11-7-6-9(25)8-13(11)23-18/h2-8,21-23,25H,1H3,(H,24,26)/t21-/m0/s1. The molecule has 6 rings (SSSR count). The van der Waals surface area contributed by atoms with Gasteiger partial charge in [0.1, 0.15) is 5.75 Å². The smallest absolute Gasteiger partial charge is 0.254 e. The summed E-state index contributed by atoms with van der Waals surface area (Å²) in [5, 5.41) is 16.6. The normalized spacial score (nSPS) is 16.6. The third-order valence-electron chi connectivity index (χ3n) is 5.51. The van der Waals surface area contributed by atoms with Crippen LogP contribution in [0.15, 0.2) is 42.5 Å². The minimum Gasteiger partial charge on any atom is -0.508 e. The highest BCUT2D eigenvalue weighted by Gasteiger charge is 2.35. The summed E-state index contributed by atoms with van der Waals surface area (Å²) in [6.07, 6.45) is -0.499. The number of aromatic hydroxyl groups is 1. The second-order valence-electron chi connectivity index (χ2n) is 6.90. The molecule has 0 saturated carbocycles. The van der Waals surface area contributed by atoms with Crippen molar-refractivity contribution in [3.8, 4) is 5.75 Å². The number of aromatic nitrogens is 2. The van der Waals surface area contributed by atoms with Crippen LogP contribution in [0.2, 0.25) is 0 Å². The Morgan fingerprint density at radius 2 is 1.70 bits per heavy atom. The van der Waals surface area contributed by atoms with Crippen LogP contribution in [-0.4, -0.2) is 28.1 Å². The highest BCUT2D eigenvalue weighted by Crippen LogP contribution is 2.45. The van der Waals surface area contributed by atoms with Crippen molar-refractivity contribution in [2.75, 3.05) is 7.11 Å². The van der Waals surface area contributed by atoms with E-state index in [4.69, 9.17) is 4.74 Å². The highest BCUT2D eigenvalue weighted by atomic mass is 16.5. The van der Waals surface area contributed by atoms with Gasteiger partial charge in [-0.05, 0) is 18.2 Å². The minimum atomic E-state index is -0.499. The molecule has 2 aromatic heterocycles. The van der Waals surface area contributed by atoms with Crippen molar-refractivity contribution < 1.29 is 14.6 Å². The molecule has 4 N–H and O–H groups in total. The molecule has 3 aromatic carbocycles. The molecular formula is C21H15N3O3. The Balaban J connectivity index is 1.96. The first-order valence-electron chi connectivity index (χ1n) is 8.71. The van der Waals surface area contributed by atoms with Gasteiger partial charge in [-0.15, -0.1) is 0 Å². The molecule has 1 atom stereocenters. The van der Waals surface area contributed by atoms with Crippen molar-refractivity contribution in [3.05, 3.63) is 53.6 Å². The lowest BCUT2D eigenvalue weighted by Crippen LogP contribution is -2.20. The Morgan fingerprint density at radius 3 is 2.56 bits per heavy atom. The molecule has 0 aliphatic carbocycles. The number of rotatable bonds is 1. The first-order valence-corrected chi connectivity index (χ1v) is 8.71. The Morgan fingerprint density at radius 1 is 0.963 bits per heavy atom. The molecule has 3 heterocycles. The number of fused-ring (bicyclic) bond motifs is 10. The lowest BCUT2D eigenvalue weighted by molar-refractivity contribution is 0.0671. The maximum Gasteiger partial charge on any atom is 0.254 e. The third-order valence-corrected chi connectivity index (χ3v) is 5.51. The molecule has 0 saturated heterocycles. The number of hydrogen-bond acceptors (Lipinski definition) is 3. The molecular weight excluding hydrogens is 342 g/mol. The van der Waals surface area contributed by atoms with Gasteiger partial charge in [0.2, 0.25) is 0 Å². The molecule has 0 radical (unpaired) electrons. The Kier molecular flexibility index (Phi) is 2.61. The van der Waals surface area contributed by atoms with Crippen LogP contribution in [0.3, 0.4) is 0 Å². The van der Waals surface area contributed by atoms with Crippen molar-refractivity contribution in [3.63, 3.8) is 0 Å². The topological polar surface area (TPSA) is 90.1 Å². The Bertz CT molecular complexity index is 1430. The van der Waals surface area contributed by atoms with Crippen LogP contribution in [0.1, 0.15) is 22.1 Å². The lowest BCUT2D eigenvalue weighted by Gasteiger charge is -2.11. The monoisotopic (exact) mass is 357 g/mol. The van der Waals surface area contributed by atoms with Gasteiger partial charge in [-0.1, -0.05) is 18.2 Å². The van der Waals surface area contributed by atoms with E-state index in [1.807, 2.05) is 30.3 Å². The number of carbonyl (C=O) groups excluding carboxylic acids is 1. The lowest BCUT2D eigenvalue weighted by atomic mass is 9.96. The number of para-hydroxylation sites is 1. The average Bonchev–Trinajstić information content (AvgIpc) is 3.32. The number of carbonyl (C=O) groups is 1. The zero-order chi connectivity index (χ0) is 18.3. The van der Waals surface area contributed by atoms with Gasteiger partial charge in [0.05, 0.1) is 22.1 Å². The summed E-state index contributed by atoms with van der Waals surface area (Å²) in [4.78, 5) is 19.8. The van der Waals surface area contributed by atoms with E-state index in [0.29, 0.717) is 5.56 Å². The SMILES string of the molecule is CO[C@@H]1NC(=O)c2c1c1c3ccccc3[nH]c1c1[nH]c3cc(O)ccc3c21. The molecule has 0 fully saturated rings. The molecule has 6 nitrogen and oxygen atoms in total. The van der Waals surface area contributed by atoms with E-state index in [-0.39, 0.29) is 11.7 Å². The van der Waals surface area contributed by atoms with E-state index in [2.05, 4.69) is 15.3 Å². The van der Waals surface area contributed by atoms with Crippen LogP contribution in [0, 0.1) is 0 Å². The number of hydrogen-bond donors (Lipinski definition) is 4. The number of phenols is 1. The molecule has 0 spiro atoms. The van der Waals surface area contributed by atoms with Crippen LogP contribution in [0.5, 0.6) is 5.75 Å². The van der Waals surface area contributed by atoms with E-state index in [1.54, 1.807) is 19.2 Å². The van der Waals surface area contributed by atoms with E-state index in [0.717, 1.165) is 49.2 Å². The van der Waals surface area contributed by atoms with Gasteiger partial charge < -0.3 is 25.1 Å². The summed E-state index contributed by atoms with van der Waals surface area (Å²) < 4.78 is 5.60.